The first kappa shape index (κ1) is 25.1. The van der Waals surface area contributed by atoms with Crippen LogP contribution in [0.5, 0.6) is 5.75 Å². The number of ether oxygens (including phenoxy) is 4. The van der Waals surface area contributed by atoms with Crippen molar-refractivity contribution < 1.29 is 18.9 Å². The van der Waals surface area contributed by atoms with Crippen LogP contribution in [0.15, 0.2) is 12.3 Å². The molecule has 0 N–H and O–H groups in total. The average Bonchev–Trinajstić information content (AvgIpc) is 2.61. The van der Waals surface area contributed by atoms with E-state index in [0.29, 0.717) is 30.3 Å². The first-order valence-corrected chi connectivity index (χ1v) is 10.8. The van der Waals surface area contributed by atoms with Gasteiger partial charge in [-0.15, -0.1) is 0 Å². The van der Waals surface area contributed by atoms with E-state index in [1.54, 1.807) is 12.3 Å². The van der Waals surface area contributed by atoms with Crippen LogP contribution in [0.3, 0.4) is 0 Å². The molecule has 1 aliphatic rings. The third-order valence-electron chi connectivity index (χ3n) is 4.41. The molecule has 6 nitrogen and oxygen atoms in total. The second kappa shape index (κ2) is 10.0. The van der Waals surface area contributed by atoms with Crippen molar-refractivity contribution in [1.82, 2.24) is 4.98 Å². The molecule has 0 spiro atoms. The fourth-order valence-corrected chi connectivity index (χ4v) is 2.96. The van der Waals surface area contributed by atoms with E-state index in [-0.39, 0.29) is 23.4 Å². The van der Waals surface area contributed by atoms with Crippen molar-refractivity contribution >= 4 is 5.69 Å². The summed E-state index contributed by atoms with van der Waals surface area (Å²) < 4.78 is 23.4. The number of nitrogens with zero attached hydrogens (tertiary/aromatic N) is 2. The molecule has 31 heavy (non-hydrogen) atoms. The van der Waals surface area contributed by atoms with Crippen LogP contribution in [0.2, 0.25) is 0 Å². The van der Waals surface area contributed by atoms with Crippen LogP contribution in [0.25, 0.3) is 4.85 Å². The normalized spacial score (nSPS) is 19.1. The van der Waals surface area contributed by atoms with E-state index < -0.39 is 5.60 Å². The predicted octanol–water partition coefficient (Wildman–Crippen LogP) is 5.32. The van der Waals surface area contributed by atoms with Crippen molar-refractivity contribution in [3.63, 3.8) is 0 Å². The highest BCUT2D eigenvalue weighted by Crippen LogP contribution is 2.35. The highest BCUT2D eigenvalue weighted by Gasteiger charge is 2.34. The molecular formula is C25H36N2O4. The van der Waals surface area contributed by atoms with E-state index in [1.165, 1.54) is 0 Å². The highest BCUT2D eigenvalue weighted by molar-refractivity contribution is 5.59. The molecule has 2 rings (SSSR count). The summed E-state index contributed by atoms with van der Waals surface area (Å²) in [5.74, 6) is 6.59. The van der Waals surface area contributed by atoms with Crippen LogP contribution in [0.4, 0.5) is 5.69 Å². The summed E-state index contributed by atoms with van der Waals surface area (Å²) in [6.07, 6.45) is 3.48. The number of rotatable bonds is 7. The van der Waals surface area contributed by atoms with Gasteiger partial charge in [-0.3, -0.25) is 0 Å². The molecule has 0 unspecified atom stereocenters. The van der Waals surface area contributed by atoms with E-state index in [9.17, 15) is 0 Å². The van der Waals surface area contributed by atoms with Gasteiger partial charge in [0.25, 0.3) is 0 Å². The Labute approximate surface area is 187 Å². The second-order valence-electron chi connectivity index (χ2n) is 10.3. The molecule has 1 saturated carbocycles. The molecular weight excluding hydrogens is 392 g/mol. The van der Waals surface area contributed by atoms with Crippen molar-refractivity contribution in [2.45, 2.75) is 97.2 Å². The van der Waals surface area contributed by atoms with Crippen LogP contribution in [-0.2, 0) is 14.2 Å². The maximum atomic E-state index is 7.48. The molecule has 0 aromatic carbocycles. The predicted molar refractivity (Wildman–Crippen MR) is 121 cm³/mol. The molecule has 1 fully saturated rings. The molecule has 0 saturated heterocycles. The van der Waals surface area contributed by atoms with Crippen LogP contribution in [-0.4, -0.2) is 47.2 Å². The lowest BCUT2D eigenvalue weighted by atomic mass is 9.91. The Balaban J connectivity index is 1.91. The minimum atomic E-state index is -0.648. The molecule has 1 aromatic heterocycles. The molecule has 0 atom stereocenters. The van der Waals surface area contributed by atoms with Gasteiger partial charge in [-0.1, -0.05) is 5.92 Å². The molecule has 0 aliphatic heterocycles. The second-order valence-corrected chi connectivity index (χ2v) is 10.3. The monoisotopic (exact) mass is 428 g/mol. The quantitative estimate of drug-likeness (QED) is 0.334. The average molecular weight is 429 g/mol. The van der Waals surface area contributed by atoms with Crippen molar-refractivity contribution in [2.75, 3.05) is 13.2 Å². The zero-order chi connectivity index (χ0) is 23.3. The van der Waals surface area contributed by atoms with E-state index >= 15 is 0 Å². The van der Waals surface area contributed by atoms with Gasteiger partial charge in [0.1, 0.15) is 23.1 Å². The van der Waals surface area contributed by atoms with Gasteiger partial charge in [0.2, 0.25) is 5.69 Å². The Morgan fingerprint density at radius 1 is 1.00 bits per heavy atom. The van der Waals surface area contributed by atoms with Gasteiger partial charge < -0.3 is 18.9 Å². The Hall–Kier alpha value is -2.12. The fourth-order valence-electron chi connectivity index (χ4n) is 2.96. The fraction of sp³-hybridized carbons (Fsp3) is 0.680. The Morgan fingerprint density at radius 3 is 2.23 bits per heavy atom. The summed E-state index contributed by atoms with van der Waals surface area (Å²) in [6, 6.07) is 1.66. The molecule has 1 heterocycles. The smallest absolute Gasteiger partial charge is 0.232 e. The van der Waals surface area contributed by atoms with Crippen molar-refractivity contribution in [3.05, 3.63) is 29.4 Å². The van der Waals surface area contributed by atoms with E-state index in [2.05, 4.69) is 21.7 Å². The third-order valence-corrected chi connectivity index (χ3v) is 4.41. The third kappa shape index (κ3) is 9.27. The summed E-state index contributed by atoms with van der Waals surface area (Å²) in [7, 11) is 0. The topological polar surface area (TPSA) is 54.2 Å². The molecule has 1 aromatic rings. The zero-order valence-corrected chi connectivity index (χ0v) is 20.2. The Bertz CT molecular complexity index is 841. The maximum Gasteiger partial charge on any atom is 0.232 e. The van der Waals surface area contributed by atoms with Gasteiger partial charge in [0.15, 0.2) is 0 Å². The first-order chi connectivity index (χ1) is 14.3. The van der Waals surface area contributed by atoms with Crippen LogP contribution >= 0.6 is 0 Å². The molecule has 6 heteroatoms. The van der Waals surface area contributed by atoms with Crippen LogP contribution in [0, 0.1) is 18.4 Å². The Morgan fingerprint density at radius 2 is 1.65 bits per heavy atom. The molecule has 170 valence electrons. The summed E-state index contributed by atoms with van der Waals surface area (Å²) in [4.78, 5) is 7.94. The summed E-state index contributed by atoms with van der Waals surface area (Å²) in [6.45, 7) is 24.4. The molecule has 0 radical (unpaired) electrons. The van der Waals surface area contributed by atoms with Gasteiger partial charge in [0, 0.05) is 12.8 Å². The van der Waals surface area contributed by atoms with E-state index in [1.807, 2.05) is 55.4 Å². The van der Waals surface area contributed by atoms with Gasteiger partial charge in [-0.05, 0) is 67.4 Å². The van der Waals surface area contributed by atoms with Gasteiger partial charge in [-0.25, -0.2) is 9.83 Å². The van der Waals surface area contributed by atoms with Crippen LogP contribution in [0.1, 0.15) is 73.9 Å². The highest BCUT2D eigenvalue weighted by atomic mass is 16.5. The summed E-state index contributed by atoms with van der Waals surface area (Å²) >= 11 is 0. The van der Waals surface area contributed by atoms with E-state index in [4.69, 9.17) is 25.5 Å². The lowest BCUT2D eigenvalue weighted by molar-refractivity contribution is -0.126. The number of hydrogen-bond acceptors (Lipinski definition) is 5. The minimum absolute atomic E-state index is 0.0502. The van der Waals surface area contributed by atoms with Gasteiger partial charge >= 0.3 is 0 Å². The largest absolute Gasteiger partial charge is 0.500 e. The standard InChI is InChI=1S/C25H36N2O4/c1-23(2,3)28-12-13-29-25(7,8)11-10-18-14-21(26-9)22(17-27-18)30-19-15-20(16-19)31-24(4,5)6/h14,17,19-20H,12-13,15-16H2,1-8H3. The summed E-state index contributed by atoms with van der Waals surface area (Å²) in [5.41, 5.74) is -0.0654. The lowest BCUT2D eigenvalue weighted by Crippen LogP contribution is -2.43. The van der Waals surface area contributed by atoms with Gasteiger partial charge in [0.05, 0.1) is 43.3 Å². The maximum absolute atomic E-state index is 7.48. The lowest BCUT2D eigenvalue weighted by Gasteiger charge is -2.39. The molecule has 0 amide bonds. The number of aromatic nitrogens is 1. The van der Waals surface area contributed by atoms with Crippen LogP contribution < -0.4 is 4.74 Å². The molecule has 1 aliphatic carbocycles. The van der Waals surface area contributed by atoms with Gasteiger partial charge in [-0.2, -0.15) is 0 Å². The zero-order valence-electron chi connectivity index (χ0n) is 20.2. The summed E-state index contributed by atoms with van der Waals surface area (Å²) in [5, 5.41) is 0. The van der Waals surface area contributed by atoms with E-state index in [0.717, 1.165) is 12.8 Å². The number of hydrogen-bond donors (Lipinski definition) is 0. The molecule has 0 bridgehead atoms. The Kier molecular flexibility index (Phi) is 8.11. The van der Waals surface area contributed by atoms with Crippen molar-refractivity contribution in [2.24, 2.45) is 0 Å². The SMILES string of the molecule is [C-]#[N+]c1cc(C#CC(C)(C)OCCOC(C)(C)C)ncc1OC1CC(OC(C)(C)C)C1. The van der Waals surface area contributed by atoms with Crippen molar-refractivity contribution in [1.29, 1.82) is 0 Å². The minimum Gasteiger partial charge on any atom is -0.500 e. The van der Waals surface area contributed by atoms with Crippen molar-refractivity contribution in [3.8, 4) is 17.6 Å². The number of pyridine rings is 1. The first-order valence-electron chi connectivity index (χ1n) is 10.8.